The van der Waals surface area contributed by atoms with Gasteiger partial charge < -0.3 is 14.3 Å². The number of thioether (sulfide) groups is 1. The molecule has 0 aliphatic heterocycles. The fourth-order valence-corrected chi connectivity index (χ4v) is 4.01. The van der Waals surface area contributed by atoms with E-state index in [0.29, 0.717) is 17.1 Å². The lowest BCUT2D eigenvalue weighted by Gasteiger charge is -2.28. The third-order valence-electron chi connectivity index (χ3n) is 5.68. The van der Waals surface area contributed by atoms with Crippen LogP contribution >= 0.6 is 11.8 Å². The molecule has 0 saturated heterocycles. The molecule has 2 aromatic carbocycles. The van der Waals surface area contributed by atoms with Crippen molar-refractivity contribution in [2.75, 3.05) is 6.26 Å². The standard InChI is InChI=1S/C28H32O5S/c1-16(2)21-12-18(13-22(17(3)4)26(21)33-28(5,6)27(30)31)8-11-23(29)25-14-19-9-10-20(34-7)15-24(19)32-25/h8-17H,1-7H3,(H,30,31). The fraction of sp³-hybridized carbons (Fsp3) is 0.357. The van der Waals surface area contributed by atoms with Crippen molar-refractivity contribution in [3.05, 3.63) is 64.9 Å². The molecule has 3 rings (SSSR count). The summed E-state index contributed by atoms with van der Waals surface area (Å²) in [7, 11) is 0. The van der Waals surface area contributed by atoms with Crippen molar-refractivity contribution in [1.82, 2.24) is 0 Å². The van der Waals surface area contributed by atoms with E-state index in [1.165, 1.54) is 6.08 Å². The average molecular weight is 481 g/mol. The number of rotatable bonds is 9. The molecule has 0 atom stereocenters. The Bertz CT molecular complexity index is 1220. The van der Waals surface area contributed by atoms with Crippen LogP contribution in [0.25, 0.3) is 17.0 Å². The molecule has 3 aromatic rings. The Kier molecular flexibility index (Phi) is 7.61. The van der Waals surface area contributed by atoms with Crippen LogP contribution in [0.3, 0.4) is 0 Å². The van der Waals surface area contributed by atoms with Gasteiger partial charge in [-0.2, -0.15) is 0 Å². The van der Waals surface area contributed by atoms with E-state index in [2.05, 4.69) is 0 Å². The first-order valence-electron chi connectivity index (χ1n) is 11.3. The molecule has 5 nitrogen and oxygen atoms in total. The Morgan fingerprint density at radius 2 is 1.65 bits per heavy atom. The fourth-order valence-electron chi connectivity index (χ4n) is 3.58. The van der Waals surface area contributed by atoms with Gasteiger partial charge in [-0.05, 0) is 91.1 Å². The lowest BCUT2D eigenvalue weighted by molar-refractivity contribution is -0.152. The molecular weight excluding hydrogens is 448 g/mol. The van der Waals surface area contributed by atoms with Crippen LogP contribution in [0.2, 0.25) is 0 Å². The van der Waals surface area contributed by atoms with Crippen LogP contribution in [0.1, 0.15) is 80.6 Å². The summed E-state index contributed by atoms with van der Waals surface area (Å²) in [6.07, 6.45) is 5.28. The first-order chi connectivity index (χ1) is 15.9. The highest BCUT2D eigenvalue weighted by atomic mass is 32.2. The summed E-state index contributed by atoms with van der Waals surface area (Å²) < 4.78 is 11.8. The number of benzene rings is 2. The number of fused-ring (bicyclic) bond motifs is 1. The predicted molar refractivity (Wildman–Crippen MR) is 138 cm³/mol. The minimum Gasteiger partial charge on any atom is -0.478 e. The van der Waals surface area contributed by atoms with Crippen LogP contribution in [0.4, 0.5) is 0 Å². The van der Waals surface area contributed by atoms with Gasteiger partial charge in [0.2, 0.25) is 5.78 Å². The van der Waals surface area contributed by atoms with Crippen molar-refractivity contribution in [3.63, 3.8) is 0 Å². The molecule has 0 bridgehead atoms. The van der Waals surface area contributed by atoms with E-state index < -0.39 is 11.6 Å². The van der Waals surface area contributed by atoms with E-state index in [-0.39, 0.29) is 17.6 Å². The molecule has 0 fully saturated rings. The van der Waals surface area contributed by atoms with E-state index in [1.807, 2.05) is 64.3 Å². The van der Waals surface area contributed by atoms with Crippen LogP contribution in [0.5, 0.6) is 5.75 Å². The van der Waals surface area contributed by atoms with Crippen molar-refractivity contribution in [2.24, 2.45) is 0 Å². The number of ketones is 1. The van der Waals surface area contributed by atoms with Crippen molar-refractivity contribution in [1.29, 1.82) is 0 Å². The smallest absolute Gasteiger partial charge is 0.347 e. The number of carbonyl (C=O) groups excluding carboxylic acids is 1. The highest BCUT2D eigenvalue weighted by molar-refractivity contribution is 7.98. The third kappa shape index (κ3) is 5.55. The van der Waals surface area contributed by atoms with Gasteiger partial charge in [0.15, 0.2) is 11.4 Å². The summed E-state index contributed by atoms with van der Waals surface area (Å²) in [6, 6.07) is 11.6. The molecule has 6 heteroatoms. The molecule has 1 N–H and O–H groups in total. The number of allylic oxidation sites excluding steroid dienone is 1. The second-order valence-corrected chi connectivity index (χ2v) is 10.3. The average Bonchev–Trinajstić information content (AvgIpc) is 3.20. The molecule has 34 heavy (non-hydrogen) atoms. The van der Waals surface area contributed by atoms with Gasteiger partial charge in [0.1, 0.15) is 11.3 Å². The minimum atomic E-state index is -1.36. The lowest BCUT2D eigenvalue weighted by atomic mass is 9.90. The molecule has 0 aliphatic rings. The molecule has 0 spiro atoms. The Balaban J connectivity index is 1.98. The van der Waals surface area contributed by atoms with Gasteiger partial charge in [0, 0.05) is 10.3 Å². The Labute approximate surface area is 205 Å². The number of ether oxygens (including phenoxy) is 1. The van der Waals surface area contributed by atoms with Gasteiger partial charge in [-0.1, -0.05) is 33.8 Å². The minimum absolute atomic E-state index is 0.0992. The number of furan rings is 1. The molecule has 0 amide bonds. The summed E-state index contributed by atoms with van der Waals surface area (Å²) in [4.78, 5) is 25.6. The van der Waals surface area contributed by atoms with Gasteiger partial charge in [0.25, 0.3) is 0 Å². The van der Waals surface area contributed by atoms with Crippen LogP contribution in [-0.4, -0.2) is 28.7 Å². The van der Waals surface area contributed by atoms with Crippen LogP contribution in [0.15, 0.2) is 51.8 Å². The first kappa shape index (κ1) is 25.6. The lowest BCUT2D eigenvalue weighted by Crippen LogP contribution is -2.38. The number of carboxylic acids is 1. The molecule has 1 heterocycles. The van der Waals surface area contributed by atoms with Gasteiger partial charge in [-0.3, -0.25) is 4.79 Å². The highest BCUT2D eigenvalue weighted by Crippen LogP contribution is 2.38. The number of hydrogen-bond donors (Lipinski definition) is 1. The highest BCUT2D eigenvalue weighted by Gasteiger charge is 2.32. The summed E-state index contributed by atoms with van der Waals surface area (Å²) >= 11 is 1.62. The van der Waals surface area contributed by atoms with E-state index in [9.17, 15) is 14.7 Å². The van der Waals surface area contributed by atoms with Crippen molar-refractivity contribution >= 4 is 40.6 Å². The second-order valence-electron chi connectivity index (χ2n) is 9.47. The summed E-state index contributed by atoms with van der Waals surface area (Å²) in [6.45, 7) is 11.2. The molecule has 0 aliphatic carbocycles. The number of aliphatic carboxylic acids is 1. The quantitative estimate of drug-likeness (QED) is 0.194. The topological polar surface area (TPSA) is 76.7 Å². The predicted octanol–water partition coefficient (Wildman–Crippen LogP) is 7.54. The van der Waals surface area contributed by atoms with E-state index in [1.54, 1.807) is 37.8 Å². The second kappa shape index (κ2) is 10.1. The SMILES string of the molecule is CSc1ccc2cc(C(=O)C=Cc3cc(C(C)C)c(OC(C)(C)C(=O)O)c(C(C)C)c3)oc2c1. The van der Waals surface area contributed by atoms with Gasteiger partial charge in [0.05, 0.1) is 0 Å². The largest absolute Gasteiger partial charge is 0.478 e. The van der Waals surface area contributed by atoms with Crippen LogP contribution in [-0.2, 0) is 4.79 Å². The molecular formula is C28H32O5S. The van der Waals surface area contributed by atoms with Crippen LogP contribution in [0, 0.1) is 0 Å². The van der Waals surface area contributed by atoms with E-state index >= 15 is 0 Å². The number of hydrogen-bond acceptors (Lipinski definition) is 5. The number of carbonyl (C=O) groups is 2. The van der Waals surface area contributed by atoms with Gasteiger partial charge >= 0.3 is 5.97 Å². The van der Waals surface area contributed by atoms with Crippen molar-refractivity contribution < 1.29 is 23.8 Å². The maximum Gasteiger partial charge on any atom is 0.347 e. The molecule has 0 radical (unpaired) electrons. The summed E-state index contributed by atoms with van der Waals surface area (Å²) in [5.74, 6) is -0.152. The zero-order chi connectivity index (χ0) is 25.2. The van der Waals surface area contributed by atoms with Gasteiger partial charge in [-0.15, -0.1) is 11.8 Å². The van der Waals surface area contributed by atoms with Crippen LogP contribution < -0.4 is 4.74 Å². The molecule has 0 saturated carbocycles. The Morgan fingerprint density at radius 3 is 2.18 bits per heavy atom. The van der Waals surface area contributed by atoms with Crippen molar-refractivity contribution in [3.8, 4) is 5.75 Å². The first-order valence-corrected chi connectivity index (χ1v) is 12.6. The Morgan fingerprint density at radius 1 is 1.03 bits per heavy atom. The maximum absolute atomic E-state index is 12.8. The van der Waals surface area contributed by atoms with E-state index in [4.69, 9.17) is 9.15 Å². The van der Waals surface area contributed by atoms with Crippen molar-refractivity contribution in [2.45, 2.75) is 63.9 Å². The number of carboxylic acid groups (broad SMARTS) is 1. The molecule has 1 aromatic heterocycles. The normalized spacial score (nSPS) is 12.3. The van der Waals surface area contributed by atoms with E-state index in [0.717, 1.165) is 27.0 Å². The third-order valence-corrected chi connectivity index (χ3v) is 6.41. The Hall–Kier alpha value is -2.99. The zero-order valence-corrected chi connectivity index (χ0v) is 21.6. The molecule has 180 valence electrons. The summed E-state index contributed by atoms with van der Waals surface area (Å²) in [5, 5.41) is 10.5. The maximum atomic E-state index is 12.8. The monoisotopic (exact) mass is 480 g/mol. The zero-order valence-electron chi connectivity index (χ0n) is 20.8. The molecule has 0 unspecified atom stereocenters. The van der Waals surface area contributed by atoms with Gasteiger partial charge in [-0.25, -0.2) is 4.79 Å². The summed E-state index contributed by atoms with van der Waals surface area (Å²) in [5.41, 5.74) is 1.98.